The molecule has 13 heteroatoms. The maximum Gasteiger partial charge on any atom is 0.463 e. The molecule has 0 spiro atoms. The van der Waals surface area contributed by atoms with Gasteiger partial charge < -0.3 is 27.1 Å². The maximum atomic E-state index is 6.26. The number of hydrogen-bond acceptors (Lipinski definition) is 9. The predicted molar refractivity (Wildman–Crippen MR) is 181 cm³/mol. The Morgan fingerprint density at radius 1 is 0.370 bits per heavy atom. The average Bonchev–Trinajstić information content (AvgIpc) is 3.09. The Bertz CT molecular complexity index is 1740. The zero-order chi connectivity index (χ0) is 30.5. The van der Waals surface area contributed by atoms with Crippen LogP contribution in [0.2, 0.25) is 0 Å². The predicted octanol–water partition coefficient (Wildman–Crippen LogP) is 10.9. The van der Waals surface area contributed by atoms with Gasteiger partial charge in [-0.15, -0.1) is 0 Å². The van der Waals surface area contributed by atoms with Crippen molar-refractivity contribution in [2.75, 3.05) is 19.0 Å². The summed E-state index contributed by atoms with van der Waals surface area (Å²) >= 11 is 0. The van der Waals surface area contributed by atoms with E-state index >= 15 is 0 Å². The molecule has 0 radical (unpaired) electrons. The van der Waals surface area contributed by atoms with Crippen LogP contribution in [0, 0.1) is 0 Å². The Morgan fingerprint density at radius 3 is 0.848 bits per heavy atom. The summed E-state index contributed by atoms with van der Waals surface area (Å²) < 4.78 is 55.6. The first-order valence-corrected chi connectivity index (χ1v) is 19.6. The molecule has 230 valence electrons. The summed E-state index contributed by atoms with van der Waals surface area (Å²) in [6.07, 6.45) is 0.845. The Balaban J connectivity index is 0.901. The molecule has 3 heterocycles. The molecule has 0 aromatic heterocycles. The van der Waals surface area contributed by atoms with Crippen LogP contribution in [0.1, 0.15) is 0 Å². The second kappa shape index (κ2) is 12.3. The van der Waals surface area contributed by atoms with E-state index in [9.17, 15) is 0 Å². The smallest absolute Gasteiger partial charge is 0.417 e. The van der Waals surface area contributed by atoms with Gasteiger partial charge >= 0.3 is 25.8 Å². The summed E-state index contributed by atoms with van der Waals surface area (Å²) in [4.78, 5) is 0. The van der Waals surface area contributed by atoms with Gasteiger partial charge in [-0.25, -0.2) is 0 Å². The zero-order valence-corrected chi connectivity index (χ0v) is 27.6. The molecule has 0 N–H and O–H groups in total. The minimum Gasteiger partial charge on any atom is -0.417 e. The summed E-state index contributed by atoms with van der Waals surface area (Å²) in [7, 11) is -6.14. The molecule has 6 aromatic carbocycles. The molecular formula is C33H24O9P4. The van der Waals surface area contributed by atoms with Crippen molar-refractivity contribution in [3.8, 4) is 34.5 Å². The van der Waals surface area contributed by atoms with Crippen molar-refractivity contribution >= 4 is 66.0 Å². The first-order chi connectivity index (χ1) is 22.7. The molecular weight excluding hydrogens is 664 g/mol. The van der Waals surface area contributed by atoms with Crippen LogP contribution in [0.25, 0.3) is 32.3 Å². The van der Waals surface area contributed by atoms with Crippen LogP contribution >= 0.6 is 33.7 Å². The number of rotatable bonds is 9. The molecule has 9 nitrogen and oxygen atoms in total. The maximum absolute atomic E-state index is 6.26. The van der Waals surface area contributed by atoms with Crippen molar-refractivity contribution < 1.29 is 40.7 Å². The second-order valence-electron chi connectivity index (χ2n) is 10.5. The Morgan fingerprint density at radius 2 is 0.609 bits per heavy atom. The highest BCUT2D eigenvalue weighted by molar-refractivity contribution is 7.58. The van der Waals surface area contributed by atoms with Gasteiger partial charge in [-0.05, 0) is 60.5 Å². The highest BCUT2D eigenvalue weighted by Gasteiger charge is 2.32. The van der Waals surface area contributed by atoms with Crippen LogP contribution in [0.4, 0.5) is 0 Å². The van der Waals surface area contributed by atoms with Crippen LogP contribution in [0.3, 0.4) is 0 Å². The molecule has 0 amide bonds. The Hall–Kier alpha value is -3.50. The second-order valence-corrected chi connectivity index (χ2v) is 15.8. The lowest BCUT2D eigenvalue weighted by atomic mass is 10.1. The fourth-order valence-corrected chi connectivity index (χ4v) is 11.1. The normalized spacial score (nSPS) is 15.6. The van der Waals surface area contributed by atoms with E-state index in [1.807, 2.05) is 109 Å². The molecule has 0 atom stereocenters. The van der Waals surface area contributed by atoms with E-state index in [0.29, 0.717) is 0 Å². The summed E-state index contributed by atoms with van der Waals surface area (Å²) in [5.74, 6) is 4.43. The molecule has 0 saturated carbocycles. The molecule has 0 unspecified atom stereocenters. The lowest BCUT2D eigenvalue weighted by molar-refractivity contribution is 0.277. The van der Waals surface area contributed by atoms with Crippen LogP contribution in [0.15, 0.2) is 109 Å². The molecule has 0 fully saturated rings. The van der Waals surface area contributed by atoms with Crippen LogP contribution in [-0.4, -0.2) is 19.0 Å². The van der Waals surface area contributed by atoms with Crippen molar-refractivity contribution in [1.29, 1.82) is 0 Å². The number of benzene rings is 6. The van der Waals surface area contributed by atoms with Crippen molar-refractivity contribution in [2.45, 2.75) is 0 Å². The third kappa shape index (κ3) is 5.47. The van der Waals surface area contributed by atoms with E-state index in [1.165, 1.54) is 0 Å². The molecule has 46 heavy (non-hydrogen) atoms. The van der Waals surface area contributed by atoms with E-state index in [0.717, 1.165) is 66.8 Å². The first kappa shape index (κ1) is 28.7. The molecule has 3 aliphatic rings. The molecule has 0 saturated heterocycles. The highest BCUT2D eigenvalue weighted by Crippen LogP contribution is 2.58. The molecule has 0 aliphatic carbocycles. The van der Waals surface area contributed by atoms with Crippen molar-refractivity contribution in [2.24, 2.45) is 0 Å². The van der Waals surface area contributed by atoms with Gasteiger partial charge in [-0.1, -0.05) is 72.8 Å². The standard InChI is InChI=1S/C33H24O9P4/c1-7-22-8-2-14-26-31(22)25(13-1)37-44(38-26)34-19-43(20-35-45-39-27-15-3-9-23-10-4-16-28(40-45)32(23)27)21-36-46-41-29-17-5-11-24-12-6-18-30(42-46)33(24)29/h1-18H,19-21H2. The third-order valence-corrected chi connectivity index (χ3v) is 12.7. The topological polar surface area (TPSA) is 83.1 Å². The Kier molecular flexibility index (Phi) is 7.65. The summed E-state index contributed by atoms with van der Waals surface area (Å²) in [5.41, 5.74) is 0. The van der Waals surface area contributed by atoms with Gasteiger partial charge in [-0.2, -0.15) is 0 Å². The summed E-state index contributed by atoms with van der Waals surface area (Å²) in [6.45, 7) is 0. The van der Waals surface area contributed by atoms with E-state index in [-0.39, 0.29) is 19.0 Å². The first-order valence-electron chi connectivity index (χ1n) is 14.4. The number of hydrogen-bond donors (Lipinski definition) is 0. The summed E-state index contributed by atoms with van der Waals surface area (Å²) in [5, 5.41) is 5.97. The fraction of sp³-hybridized carbons (Fsp3) is 0.0909. The Labute approximate surface area is 268 Å². The van der Waals surface area contributed by atoms with E-state index in [4.69, 9.17) is 40.7 Å². The minimum absolute atomic E-state index is 0.282. The van der Waals surface area contributed by atoms with Crippen LogP contribution in [0.5, 0.6) is 34.5 Å². The lowest BCUT2D eigenvalue weighted by Crippen LogP contribution is -2.11. The van der Waals surface area contributed by atoms with E-state index in [2.05, 4.69) is 0 Å². The van der Waals surface area contributed by atoms with Gasteiger partial charge in [0.15, 0.2) is 0 Å². The quantitative estimate of drug-likeness (QED) is 0.138. The SMILES string of the molecule is c1cc2c3c(cccc3c1)OP(OCP(COP1Oc3cccc4cccc(c34)O1)COP1Oc3cccc4cccc(c34)O1)O2. The van der Waals surface area contributed by atoms with Gasteiger partial charge in [-0.3, -0.25) is 13.6 Å². The van der Waals surface area contributed by atoms with Gasteiger partial charge in [0.2, 0.25) is 0 Å². The van der Waals surface area contributed by atoms with Crippen molar-refractivity contribution in [1.82, 2.24) is 0 Å². The van der Waals surface area contributed by atoms with Crippen molar-refractivity contribution in [3.05, 3.63) is 109 Å². The molecule has 0 bridgehead atoms. The van der Waals surface area contributed by atoms with Crippen molar-refractivity contribution in [3.63, 3.8) is 0 Å². The molecule has 9 rings (SSSR count). The molecule has 6 aromatic rings. The minimum atomic E-state index is -1.69. The zero-order valence-electron chi connectivity index (χ0n) is 24.0. The van der Waals surface area contributed by atoms with E-state index < -0.39 is 33.7 Å². The van der Waals surface area contributed by atoms with Gasteiger partial charge in [0.05, 0.1) is 35.2 Å². The lowest BCUT2D eigenvalue weighted by Gasteiger charge is -2.28. The third-order valence-electron chi connectivity index (χ3n) is 7.56. The van der Waals surface area contributed by atoms with Crippen LogP contribution < -0.4 is 27.1 Å². The highest BCUT2D eigenvalue weighted by atomic mass is 31.2. The largest absolute Gasteiger partial charge is 0.463 e. The average molecular weight is 688 g/mol. The van der Waals surface area contributed by atoms with Crippen LogP contribution in [-0.2, 0) is 13.6 Å². The van der Waals surface area contributed by atoms with Gasteiger partial charge in [0.1, 0.15) is 34.5 Å². The van der Waals surface area contributed by atoms with Gasteiger partial charge in [0, 0.05) is 0 Å². The molecule has 3 aliphatic heterocycles. The fourth-order valence-electron chi connectivity index (χ4n) is 5.47. The summed E-state index contributed by atoms with van der Waals surface area (Å²) in [6, 6.07) is 35.5. The monoisotopic (exact) mass is 688 g/mol. The van der Waals surface area contributed by atoms with E-state index in [1.54, 1.807) is 0 Å². The van der Waals surface area contributed by atoms with Gasteiger partial charge in [0.25, 0.3) is 0 Å².